The van der Waals surface area contributed by atoms with Crippen LogP contribution in [0.5, 0.6) is 17.2 Å². The molecule has 2 aromatic carbocycles. The van der Waals surface area contributed by atoms with E-state index in [0.29, 0.717) is 29.4 Å². The van der Waals surface area contributed by atoms with Crippen molar-refractivity contribution in [3.63, 3.8) is 0 Å². The number of ether oxygens (including phenoxy) is 3. The second-order valence-electron chi connectivity index (χ2n) is 7.23. The zero-order chi connectivity index (χ0) is 20.3. The maximum absolute atomic E-state index is 12.8. The summed E-state index contributed by atoms with van der Waals surface area (Å²) >= 11 is 0. The molecule has 0 saturated carbocycles. The van der Waals surface area contributed by atoms with Gasteiger partial charge >= 0.3 is 0 Å². The number of hydrogen-bond donors (Lipinski definition) is 2. The summed E-state index contributed by atoms with van der Waals surface area (Å²) in [6.45, 7) is 4.69. The number of carbonyl (C=O) groups is 1. The van der Waals surface area contributed by atoms with Gasteiger partial charge in [-0.2, -0.15) is 0 Å². The third kappa shape index (κ3) is 3.63. The summed E-state index contributed by atoms with van der Waals surface area (Å²) in [5.41, 5.74) is 2.44. The molecule has 0 aliphatic carbocycles. The predicted molar refractivity (Wildman–Crippen MR) is 110 cm³/mol. The third-order valence-electron chi connectivity index (χ3n) is 4.94. The standard InChI is InChI=1S/C22H26N2O4/c1-22(2,16-12-23-17-9-7-6-8-15(16)17)13-24-21(25)14-10-18(26-3)20(28-5)19(11-14)27-4/h6-12,23H,13H2,1-5H3,(H,24,25). The molecule has 1 heterocycles. The highest BCUT2D eigenvalue weighted by atomic mass is 16.5. The van der Waals surface area contributed by atoms with Crippen molar-refractivity contribution in [3.05, 3.63) is 53.7 Å². The third-order valence-corrected chi connectivity index (χ3v) is 4.94. The summed E-state index contributed by atoms with van der Waals surface area (Å²) in [5.74, 6) is 1.15. The van der Waals surface area contributed by atoms with Crippen LogP contribution >= 0.6 is 0 Å². The molecule has 2 N–H and O–H groups in total. The van der Waals surface area contributed by atoms with Gasteiger partial charge in [0.25, 0.3) is 5.91 Å². The molecule has 0 saturated heterocycles. The normalized spacial score (nSPS) is 11.3. The number of carbonyl (C=O) groups excluding carboxylic acids is 1. The number of aromatic amines is 1. The summed E-state index contributed by atoms with van der Waals surface area (Å²) in [6, 6.07) is 11.4. The number of fused-ring (bicyclic) bond motifs is 1. The largest absolute Gasteiger partial charge is 0.493 e. The zero-order valence-corrected chi connectivity index (χ0v) is 16.9. The molecular formula is C22H26N2O4. The minimum absolute atomic E-state index is 0.202. The number of rotatable bonds is 7. The Morgan fingerprint density at radius 2 is 1.68 bits per heavy atom. The molecule has 28 heavy (non-hydrogen) atoms. The molecule has 0 radical (unpaired) electrons. The highest BCUT2D eigenvalue weighted by Gasteiger charge is 2.25. The van der Waals surface area contributed by atoms with E-state index in [0.717, 1.165) is 16.5 Å². The summed E-state index contributed by atoms with van der Waals surface area (Å²) in [4.78, 5) is 16.1. The van der Waals surface area contributed by atoms with Crippen LogP contribution in [0.1, 0.15) is 29.8 Å². The molecule has 0 atom stereocenters. The van der Waals surface area contributed by atoms with Crippen LogP contribution in [0.3, 0.4) is 0 Å². The van der Waals surface area contributed by atoms with Crippen molar-refractivity contribution in [2.75, 3.05) is 27.9 Å². The summed E-state index contributed by atoms with van der Waals surface area (Å²) in [7, 11) is 4.59. The second kappa shape index (κ2) is 7.84. The van der Waals surface area contributed by atoms with Crippen molar-refractivity contribution < 1.29 is 19.0 Å². The smallest absolute Gasteiger partial charge is 0.251 e. The van der Waals surface area contributed by atoms with Crippen LogP contribution < -0.4 is 19.5 Å². The molecule has 0 fully saturated rings. The van der Waals surface area contributed by atoms with Gasteiger partial charge in [0, 0.05) is 34.6 Å². The minimum Gasteiger partial charge on any atom is -0.493 e. The van der Waals surface area contributed by atoms with Gasteiger partial charge in [-0.3, -0.25) is 4.79 Å². The molecule has 1 amide bonds. The lowest BCUT2D eigenvalue weighted by Gasteiger charge is -2.25. The Morgan fingerprint density at radius 1 is 1.04 bits per heavy atom. The van der Waals surface area contributed by atoms with Crippen LogP contribution in [0.15, 0.2) is 42.6 Å². The summed E-state index contributed by atoms with van der Waals surface area (Å²) < 4.78 is 16.0. The fourth-order valence-corrected chi connectivity index (χ4v) is 3.34. The van der Waals surface area contributed by atoms with Crippen molar-refractivity contribution >= 4 is 16.8 Å². The van der Waals surface area contributed by atoms with Crippen molar-refractivity contribution in [2.45, 2.75) is 19.3 Å². The van der Waals surface area contributed by atoms with Gasteiger partial charge in [-0.15, -0.1) is 0 Å². The molecule has 1 aromatic heterocycles. The molecule has 148 valence electrons. The number of benzene rings is 2. The number of para-hydroxylation sites is 1. The molecule has 0 unspecified atom stereocenters. The molecule has 6 nitrogen and oxygen atoms in total. The molecule has 0 spiro atoms. The lowest BCUT2D eigenvalue weighted by molar-refractivity contribution is 0.0945. The Morgan fingerprint density at radius 3 is 2.29 bits per heavy atom. The van der Waals surface area contributed by atoms with Crippen LogP contribution in [-0.2, 0) is 5.41 Å². The Labute approximate surface area is 164 Å². The summed E-state index contributed by atoms with van der Waals surface area (Å²) in [5, 5.41) is 4.19. The molecule has 3 rings (SSSR count). The SMILES string of the molecule is COc1cc(C(=O)NCC(C)(C)c2c[nH]c3ccccc23)cc(OC)c1OC. The van der Waals surface area contributed by atoms with E-state index in [1.54, 1.807) is 12.1 Å². The van der Waals surface area contributed by atoms with Gasteiger partial charge in [0.2, 0.25) is 5.75 Å². The fraction of sp³-hybridized carbons (Fsp3) is 0.318. The van der Waals surface area contributed by atoms with E-state index in [1.807, 2.05) is 24.4 Å². The van der Waals surface area contributed by atoms with Crippen LogP contribution in [0.4, 0.5) is 0 Å². The fourth-order valence-electron chi connectivity index (χ4n) is 3.34. The van der Waals surface area contributed by atoms with Gasteiger partial charge in [0.1, 0.15) is 0 Å². The molecule has 0 aliphatic rings. The van der Waals surface area contributed by atoms with Gasteiger partial charge in [-0.25, -0.2) is 0 Å². The van der Waals surface area contributed by atoms with Crippen LogP contribution in [-0.4, -0.2) is 38.8 Å². The van der Waals surface area contributed by atoms with E-state index in [1.165, 1.54) is 21.3 Å². The van der Waals surface area contributed by atoms with Crippen molar-refractivity contribution in [1.82, 2.24) is 10.3 Å². The molecule has 0 aliphatic heterocycles. The first-order valence-electron chi connectivity index (χ1n) is 9.06. The van der Waals surface area contributed by atoms with E-state index in [9.17, 15) is 4.79 Å². The second-order valence-corrected chi connectivity index (χ2v) is 7.23. The first kappa shape index (κ1) is 19.6. The van der Waals surface area contributed by atoms with E-state index in [4.69, 9.17) is 14.2 Å². The van der Waals surface area contributed by atoms with Gasteiger partial charge in [-0.1, -0.05) is 32.0 Å². The maximum atomic E-state index is 12.8. The number of nitrogens with one attached hydrogen (secondary N) is 2. The molecular weight excluding hydrogens is 356 g/mol. The highest BCUT2D eigenvalue weighted by Crippen LogP contribution is 2.38. The molecule has 0 bridgehead atoms. The Bertz CT molecular complexity index is 966. The lowest BCUT2D eigenvalue weighted by atomic mass is 9.84. The molecule has 6 heteroatoms. The van der Waals surface area contributed by atoms with Crippen LogP contribution in [0, 0.1) is 0 Å². The first-order chi connectivity index (χ1) is 13.4. The van der Waals surface area contributed by atoms with Gasteiger partial charge in [0.15, 0.2) is 11.5 Å². The monoisotopic (exact) mass is 382 g/mol. The average Bonchev–Trinajstić information content (AvgIpc) is 3.16. The van der Waals surface area contributed by atoms with Crippen LogP contribution in [0.25, 0.3) is 10.9 Å². The number of aromatic nitrogens is 1. The van der Waals surface area contributed by atoms with Crippen molar-refractivity contribution in [2.24, 2.45) is 0 Å². The minimum atomic E-state index is -0.254. The Kier molecular flexibility index (Phi) is 5.49. The number of H-pyrrole nitrogens is 1. The Balaban J connectivity index is 1.81. The highest BCUT2D eigenvalue weighted by molar-refractivity contribution is 5.95. The first-order valence-corrected chi connectivity index (χ1v) is 9.06. The number of hydrogen-bond acceptors (Lipinski definition) is 4. The van der Waals surface area contributed by atoms with Gasteiger partial charge in [0.05, 0.1) is 21.3 Å². The maximum Gasteiger partial charge on any atom is 0.251 e. The predicted octanol–water partition coefficient (Wildman–Crippen LogP) is 3.90. The quantitative estimate of drug-likeness (QED) is 0.650. The van der Waals surface area contributed by atoms with E-state index >= 15 is 0 Å². The van der Waals surface area contributed by atoms with Crippen molar-refractivity contribution in [3.8, 4) is 17.2 Å². The summed E-state index contributed by atoms with van der Waals surface area (Å²) in [6.07, 6.45) is 2.01. The topological polar surface area (TPSA) is 72.6 Å². The average molecular weight is 382 g/mol. The lowest BCUT2D eigenvalue weighted by Crippen LogP contribution is -2.36. The van der Waals surface area contributed by atoms with E-state index in [2.05, 4.69) is 30.2 Å². The van der Waals surface area contributed by atoms with E-state index in [-0.39, 0.29) is 11.3 Å². The van der Waals surface area contributed by atoms with Gasteiger partial charge in [-0.05, 0) is 23.8 Å². The van der Waals surface area contributed by atoms with E-state index < -0.39 is 0 Å². The molecule has 3 aromatic rings. The van der Waals surface area contributed by atoms with Crippen LogP contribution in [0.2, 0.25) is 0 Å². The zero-order valence-electron chi connectivity index (χ0n) is 16.9. The Hall–Kier alpha value is -3.15. The number of methoxy groups -OCH3 is 3. The van der Waals surface area contributed by atoms with Gasteiger partial charge < -0.3 is 24.5 Å². The van der Waals surface area contributed by atoms with Crippen molar-refractivity contribution in [1.29, 1.82) is 0 Å². The number of amides is 1.